The minimum absolute atomic E-state index is 0.197. The number of carbonyl (C=O) groups excluding carboxylic acids is 2. The van der Waals surface area contributed by atoms with Gasteiger partial charge in [0, 0.05) is 8.07 Å². The van der Waals surface area contributed by atoms with Gasteiger partial charge in [0.2, 0.25) is 0 Å². The summed E-state index contributed by atoms with van der Waals surface area (Å²) in [5, 5.41) is 0. The Balaban J connectivity index is 2.10. The predicted octanol–water partition coefficient (Wildman–Crippen LogP) is 8.45. The monoisotopic (exact) mass is 540 g/mol. The first kappa shape index (κ1) is 31.6. The summed E-state index contributed by atoms with van der Waals surface area (Å²) in [4.78, 5) is 26.3. The van der Waals surface area contributed by atoms with E-state index in [1.807, 2.05) is 75.4 Å². The molecule has 0 unspecified atom stereocenters. The summed E-state index contributed by atoms with van der Waals surface area (Å²) >= 11 is 0. The van der Waals surface area contributed by atoms with Crippen LogP contribution in [0.15, 0.2) is 54.6 Å². The molecule has 0 heterocycles. The molecular formula is C32H48O5Si. The van der Waals surface area contributed by atoms with Crippen molar-refractivity contribution in [2.45, 2.75) is 97.5 Å². The highest BCUT2D eigenvalue weighted by Crippen LogP contribution is 2.28. The highest BCUT2D eigenvalue weighted by atomic mass is 28.3. The number of ether oxygens (including phenoxy) is 3. The second-order valence-corrected chi connectivity index (χ2v) is 18.0. The zero-order chi connectivity index (χ0) is 28.2. The predicted molar refractivity (Wildman–Crippen MR) is 157 cm³/mol. The lowest BCUT2D eigenvalue weighted by atomic mass is 9.87. The van der Waals surface area contributed by atoms with Crippen LogP contribution in [0.2, 0.25) is 25.7 Å². The molecule has 6 heteroatoms. The first-order chi connectivity index (χ1) is 17.9. The van der Waals surface area contributed by atoms with Gasteiger partial charge in [-0.25, -0.2) is 0 Å². The van der Waals surface area contributed by atoms with Crippen molar-refractivity contribution in [2.75, 3.05) is 6.61 Å². The number of para-hydroxylation sites is 1. The molecule has 0 aliphatic heterocycles. The number of rotatable bonds is 15. The fraction of sp³-hybridized carbons (Fsp3) is 0.562. The average Bonchev–Trinajstić information content (AvgIpc) is 2.83. The molecule has 0 aliphatic carbocycles. The van der Waals surface area contributed by atoms with E-state index in [4.69, 9.17) is 14.2 Å². The second-order valence-electron chi connectivity index (χ2n) is 12.4. The number of esters is 2. The molecular weight excluding hydrogens is 492 g/mol. The van der Waals surface area contributed by atoms with Crippen molar-refractivity contribution in [3.05, 3.63) is 60.2 Å². The summed E-state index contributed by atoms with van der Waals surface area (Å²) in [5.74, 6) is 0.482. The van der Waals surface area contributed by atoms with Crippen molar-refractivity contribution in [3.8, 4) is 11.5 Å². The number of unbranched alkanes of at least 4 members (excludes halogenated alkanes) is 1. The van der Waals surface area contributed by atoms with E-state index in [0.717, 1.165) is 42.4 Å². The minimum Gasteiger partial charge on any atom is -0.466 e. The molecule has 0 fully saturated rings. The van der Waals surface area contributed by atoms with E-state index in [2.05, 4.69) is 26.6 Å². The SMILES string of the molecule is CCCC[C@@H](C[C@H](CCc1ccc(Oc2ccccc2)cc1)C(=O)OCC[Si](C)(C)C)C(=O)OC(C)(C)C. The molecule has 210 valence electrons. The maximum Gasteiger partial charge on any atom is 0.309 e. The van der Waals surface area contributed by atoms with Gasteiger partial charge in [0.25, 0.3) is 0 Å². The lowest BCUT2D eigenvalue weighted by molar-refractivity contribution is -0.162. The molecule has 0 radical (unpaired) electrons. The van der Waals surface area contributed by atoms with Crippen LogP contribution >= 0.6 is 0 Å². The van der Waals surface area contributed by atoms with Crippen LogP contribution in [-0.2, 0) is 25.5 Å². The maximum atomic E-state index is 13.2. The van der Waals surface area contributed by atoms with Crippen LogP contribution in [0.4, 0.5) is 0 Å². The van der Waals surface area contributed by atoms with Crippen molar-refractivity contribution < 1.29 is 23.8 Å². The standard InChI is InChI=1S/C32H48O5Si/c1-8-9-13-26(31(34)37-32(2,3)4)24-27(30(33)35-22-23-38(5,6)7)19-16-25-17-20-29(21-18-25)36-28-14-11-10-12-15-28/h10-12,14-15,17-18,20-21,26-27H,8-9,13,16,19,22-24H2,1-7H3/t26-,27-/m0/s1. The average molecular weight is 541 g/mol. The van der Waals surface area contributed by atoms with Crippen LogP contribution in [-0.4, -0.2) is 32.2 Å². The van der Waals surface area contributed by atoms with Crippen LogP contribution in [0.3, 0.4) is 0 Å². The number of hydrogen-bond donors (Lipinski definition) is 0. The van der Waals surface area contributed by atoms with Crippen LogP contribution in [0.5, 0.6) is 11.5 Å². The molecule has 2 aromatic carbocycles. The van der Waals surface area contributed by atoms with Crippen LogP contribution < -0.4 is 4.74 Å². The Kier molecular flexibility index (Phi) is 12.6. The Morgan fingerprint density at radius 2 is 1.45 bits per heavy atom. The first-order valence-corrected chi connectivity index (χ1v) is 17.8. The number of aryl methyl sites for hydroxylation is 1. The fourth-order valence-corrected chi connectivity index (χ4v) is 4.82. The van der Waals surface area contributed by atoms with Crippen molar-refractivity contribution >= 4 is 20.0 Å². The third kappa shape index (κ3) is 12.8. The summed E-state index contributed by atoms with van der Waals surface area (Å²) in [6.45, 7) is 15.0. The molecule has 0 aromatic heterocycles. The number of hydrogen-bond acceptors (Lipinski definition) is 5. The highest BCUT2D eigenvalue weighted by Gasteiger charge is 2.31. The van der Waals surface area contributed by atoms with E-state index in [1.165, 1.54) is 0 Å². The molecule has 0 amide bonds. The van der Waals surface area contributed by atoms with Gasteiger partial charge in [0.05, 0.1) is 18.4 Å². The largest absolute Gasteiger partial charge is 0.466 e. The van der Waals surface area contributed by atoms with E-state index in [1.54, 1.807) is 0 Å². The zero-order valence-corrected chi connectivity index (χ0v) is 25.5. The van der Waals surface area contributed by atoms with Gasteiger partial charge >= 0.3 is 11.9 Å². The molecule has 38 heavy (non-hydrogen) atoms. The highest BCUT2D eigenvalue weighted by molar-refractivity contribution is 6.76. The first-order valence-electron chi connectivity index (χ1n) is 14.1. The van der Waals surface area contributed by atoms with Gasteiger partial charge in [0.15, 0.2) is 0 Å². The van der Waals surface area contributed by atoms with Gasteiger partial charge in [-0.05, 0) is 82.3 Å². The Bertz CT molecular complexity index is 974. The third-order valence-corrected chi connectivity index (χ3v) is 8.03. The summed E-state index contributed by atoms with van der Waals surface area (Å²) in [6, 6.07) is 18.6. The maximum absolute atomic E-state index is 13.2. The molecule has 2 rings (SSSR count). The Labute approximate surface area is 231 Å². The number of benzene rings is 2. The van der Waals surface area contributed by atoms with Crippen LogP contribution in [0, 0.1) is 11.8 Å². The summed E-state index contributed by atoms with van der Waals surface area (Å²) in [7, 11) is -1.32. The van der Waals surface area contributed by atoms with Crippen molar-refractivity contribution in [1.29, 1.82) is 0 Å². The van der Waals surface area contributed by atoms with E-state index in [0.29, 0.717) is 25.9 Å². The van der Waals surface area contributed by atoms with E-state index in [-0.39, 0.29) is 23.8 Å². The molecule has 0 saturated carbocycles. The normalized spacial score (nSPS) is 13.4. The van der Waals surface area contributed by atoms with Gasteiger partial charge < -0.3 is 14.2 Å². The van der Waals surface area contributed by atoms with E-state index in [9.17, 15) is 9.59 Å². The molecule has 0 spiro atoms. The van der Waals surface area contributed by atoms with Crippen molar-refractivity contribution in [2.24, 2.45) is 11.8 Å². The number of carbonyl (C=O) groups is 2. The summed E-state index contributed by atoms with van der Waals surface area (Å²) in [5.41, 5.74) is 0.561. The Morgan fingerprint density at radius 1 is 0.842 bits per heavy atom. The quantitative estimate of drug-likeness (QED) is 0.167. The molecule has 0 aliphatic rings. The topological polar surface area (TPSA) is 61.8 Å². The lowest BCUT2D eigenvalue weighted by Gasteiger charge is -2.26. The van der Waals surface area contributed by atoms with Crippen LogP contribution in [0.25, 0.3) is 0 Å². The van der Waals surface area contributed by atoms with Crippen molar-refractivity contribution in [3.63, 3.8) is 0 Å². The molecule has 2 atom stereocenters. The molecule has 0 N–H and O–H groups in total. The molecule has 2 aromatic rings. The van der Waals surface area contributed by atoms with Gasteiger partial charge in [-0.3, -0.25) is 9.59 Å². The Hall–Kier alpha value is -2.60. The van der Waals surface area contributed by atoms with Gasteiger partial charge in [-0.2, -0.15) is 0 Å². The lowest BCUT2D eigenvalue weighted by Crippen LogP contribution is -2.32. The van der Waals surface area contributed by atoms with E-state index < -0.39 is 13.7 Å². The Morgan fingerprint density at radius 3 is 2.03 bits per heavy atom. The zero-order valence-electron chi connectivity index (χ0n) is 24.5. The van der Waals surface area contributed by atoms with Crippen molar-refractivity contribution in [1.82, 2.24) is 0 Å². The molecule has 0 saturated heterocycles. The smallest absolute Gasteiger partial charge is 0.309 e. The fourth-order valence-electron chi connectivity index (χ4n) is 4.11. The minimum atomic E-state index is -1.32. The van der Waals surface area contributed by atoms with Gasteiger partial charge in [-0.1, -0.05) is 69.7 Å². The molecule has 5 nitrogen and oxygen atoms in total. The van der Waals surface area contributed by atoms with Gasteiger partial charge in [0.1, 0.15) is 17.1 Å². The van der Waals surface area contributed by atoms with Gasteiger partial charge in [-0.15, -0.1) is 0 Å². The summed E-state index contributed by atoms with van der Waals surface area (Å²) < 4.78 is 17.4. The summed E-state index contributed by atoms with van der Waals surface area (Å²) in [6.07, 6.45) is 4.42. The molecule has 0 bridgehead atoms. The second kappa shape index (κ2) is 15.1. The van der Waals surface area contributed by atoms with E-state index >= 15 is 0 Å². The third-order valence-electron chi connectivity index (χ3n) is 6.33. The van der Waals surface area contributed by atoms with Crippen LogP contribution in [0.1, 0.15) is 65.4 Å².